The van der Waals surface area contributed by atoms with Crippen molar-refractivity contribution in [3.8, 4) is 0 Å². The van der Waals surface area contributed by atoms with Crippen molar-refractivity contribution in [2.45, 2.75) is 46.1 Å². The molecule has 0 spiro atoms. The maximum Gasteiger partial charge on any atom is 0.0473 e. The molecule has 0 amide bonds. The van der Waals surface area contributed by atoms with Crippen LogP contribution in [0.2, 0.25) is 0 Å². The van der Waals surface area contributed by atoms with Crippen LogP contribution in [-0.4, -0.2) is 11.5 Å². The standard InChI is InChI=1S/C17H24N2S/c1-4-13-7-8-15(19-12-13)11-16(18-6-3)17-14(5-2)9-10-20-17/h7-10,12,16,18H,4-6,11H2,1-3H3. The summed E-state index contributed by atoms with van der Waals surface area (Å²) in [5, 5.41) is 5.81. The van der Waals surface area contributed by atoms with Crippen molar-refractivity contribution in [1.82, 2.24) is 10.3 Å². The molecule has 2 nitrogen and oxygen atoms in total. The lowest BCUT2D eigenvalue weighted by atomic mass is 10.0. The molecule has 108 valence electrons. The summed E-state index contributed by atoms with van der Waals surface area (Å²) < 4.78 is 0. The van der Waals surface area contributed by atoms with Crippen LogP contribution >= 0.6 is 11.3 Å². The van der Waals surface area contributed by atoms with Gasteiger partial charge in [0.15, 0.2) is 0 Å². The first-order valence-corrected chi connectivity index (χ1v) is 8.39. The van der Waals surface area contributed by atoms with Gasteiger partial charge in [-0.3, -0.25) is 4.98 Å². The highest BCUT2D eigenvalue weighted by molar-refractivity contribution is 7.10. The number of hydrogen-bond acceptors (Lipinski definition) is 3. The molecule has 2 aromatic rings. The Hall–Kier alpha value is -1.19. The van der Waals surface area contributed by atoms with Crippen LogP contribution in [0.25, 0.3) is 0 Å². The van der Waals surface area contributed by atoms with Crippen molar-refractivity contribution in [2.75, 3.05) is 6.54 Å². The lowest BCUT2D eigenvalue weighted by molar-refractivity contribution is 0.549. The summed E-state index contributed by atoms with van der Waals surface area (Å²) in [6.45, 7) is 7.54. The summed E-state index contributed by atoms with van der Waals surface area (Å²) in [6, 6.07) is 7.00. The molecule has 1 atom stereocenters. The maximum absolute atomic E-state index is 4.60. The molecule has 0 aromatic carbocycles. The topological polar surface area (TPSA) is 24.9 Å². The van der Waals surface area contributed by atoms with Crippen molar-refractivity contribution in [2.24, 2.45) is 0 Å². The van der Waals surface area contributed by atoms with E-state index in [-0.39, 0.29) is 0 Å². The van der Waals surface area contributed by atoms with E-state index in [4.69, 9.17) is 0 Å². The molecule has 20 heavy (non-hydrogen) atoms. The Labute approximate surface area is 126 Å². The second-order valence-electron chi connectivity index (χ2n) is 4.99. The average Bonchev–Trinajstić information content (AvgIpc) is 2.96. The van der Waals surface area contributed by atoms with Gasteiger partial charge in [0.1, 0.15) is 0 Å². The number of aryl methyl sites for hydroxylation is 2. The molecule has 0 saturated heterocycles. The first kappa shape index (κ1) is 15.2. The maximum atomic E-state index is 4.60. The van der Waals surface area contributed by atoms with Crippen LogP contribution in [0, 0.1) is 0 Å². The molecule has 0 aliphatic rings. The summed E-state index contributed by atoms with van der Waals surface area (Å²) in [5.74, 6) is 0. The van der Waals surface area contributed by atoms with E-state index in [9.17, 15) is 0 Å². The van der Waals surface area contributed by atoms with E-state index in [1.807, 2.05) is 17.5 Å². The summed E-state index contributed by atoms with van der Waals surface area (Å²) >= 11 is 1.86. The third-order valence-corrected chi connectivity index (χ3v) is 4.71. The fourth-order valence-corrected chi connectivity index (χ4v) is 3.52. The molecule has 0 saturated carbocycles. The van der Waals surface area contributed by atoms with Crippen molar-refractivity contribution in [3.63, 3.8) is 0 Å². The van der Waals surface area contributed by atoms with E-state index in [1.54, 1.807) is 0 Å². The molecule has 1 N–H and O–H groups in total. The number of rotatable bonds is 7. The summed E-state index contributed by atoms with van der Waals surface area (Å²) in [5.41, 5.74) is 3.94. The van der Waals surface area contributed by atoms with Gasteiger partial charge in [-0.2, -0.15) is 0 Å². The minimum absolute atomic E-state index is 0.384. The van der Waals surface area contributed by atoms with Gasteiger partial charge in [0.05, 0.1) is 0 Å². The van der Waals surface area contributed by atoms with E-state index in [1.165, 1.54) is 21.7 Å². The number of aromatic nitrogens is 1. The third kappa shape index (κ3) is 3.68. The lowest BCUT2D eigenvalue weighted by Gasteiger charge is -2.18. The van der Waals surface area contributed by atoms with Crippen LogP contribution in [0.4, 0.5) is 0 Å². The Balaban J connectivity index is 2.16. The molecule has 0 bridgehead atoms. The van der Waals surface area contributed by atoms with Crippen molar-refractivity contribution in [1.29, 1.82) is 0 Å². The number of thiophene rings is 1. The number of likely N-dealkylation sites (N-methyl/N-ethyl adjacent to an activating group) is 1. The monoisotopic (exact) mass is 288 g/mol. The average molecular weight is 288 g/mol. The van der Waals surface area contributed by atoms with Gasteiger partial charge in [-0.15, -0.1) is 11.3 Å². The Bertz CT molecular complexity index is 516. The predicted molar refractivity (Wildman–Crippen MR) is 87.4 cm³/mol. The minimum atomic E-state index is 0.384. The Morgan fingerprint density at radius 3 is 2.60 bits per heavy atom. The van der Waals surface area contributed by atoms with Crippen LogP contribution in [0.5, 0.6) is 0 Å². The summed E-state index contributed by atoms with van der Waals surface area (Å²) in [6.07, 6.45) is 5.12. The molecule has 2 rings (SSSR count). The van der Waals surface area contributed by atoms with Gasteiger partial charge in [0, 0.05) is 29.2 Å². The Morgan fingerprint density at radius 1 is 1.15 bits per heavy atom. The molecule has 2 aromatic heterocycles. The zero-order valence-corrected chi connectivity index (χ0v) is 13.5. The zero-order valence-electron chi connectivity index (χ0n) is 12.6. The van der Waals surface area contributed by atoms with Gasteiger partial charge in [-0.25, -0.2) is 0 Å². The molecular weight excluding hydrogens is 264 g/mol. The number of nitrogens with zero attached hydrogens (tertiary/aromatic N) is 1. The number of hydrogen-bond donors (Lipinski definition) is 1. The largest absolute Gasteiger partial charge is 0.309 e. The van der Waals surface area contributed by atoms with E-state index in [2.05, 4.69) is 54.7 Å². The first-order chi connectivity index (χ1) is 9.78. The molecule has 0 aliphatic carbocycles. The molecule has 1 unspecified atom stereocenters. The first-order valence-electron chi connectivity index (χ1n) is 7.51. The lowest BCUT2D eigenvalue weighted by Crippen LogP contribution is -2.23. The fraction of sp³-hybridized carbons (Fsp3) is 0.471. The van der Waals surface area contributed by atoms with Crippen LogP contribution in [-0.2, 0) is 19.3 Å². The Kier molecular flexibility index (Phi) is 5.74. The van der Waals surface area contributed by atoms with Crippen molar-refractivity contribution < 1.29 is 0 Å². The SMILES string of the molecule is CCNC(Cc1ccc(CC)cn1)c1sccc1CC. The van der Waals surface area contributed by atoms with Crippen LogP contribution < -0.4 is 5.32 Å². The van der Waals surface area contributed by atoms with E-state index >= 15 is 0 Å². The van der Waals surface area contributed by atoms with Gasteiger partial charge in [-0.05, 0) is 48.0 Å². The van der Waals surface area contributed by atoms with Crippen LogP contribution in [0.3, 0.4) is 0 Å². The van der Waals surface area contributed by atoms with Gasteiger partial charge in [0.25, 0.3) is 0 Å². The zero-order chi connectivity index (χ0) is 14.4. The van der Waals surface area contributed by atoms with E-state index in [0.717, 1.165) is 25.8 Å². The highest BCUT2D eigenvalue weighted by Gasteiger charge is 2.16. The molecule has 0 radical (unpaired) electrons. The Morgan fingerprint density at radius 2 is 2.00 bits per heavy atom. The van der Waals surface area contributed by atoms with E-state index in [0.29, 0.717) is 6.04 Å². The molecular formula is C17H24N2S. The second-order valence-corrected chi connectivity index (χ2v) is 5.94. The molecule has 0 aliphatic heterocycles. The molecule has 0 fully saturated rings. The van der Waals surface area contributed by atoms with Crippen molar-refractivity contribution in [3.05, 3.63) is 51.5 Å². The number of nitrogens with one attached hydrogen (secondary N) is 1. The fourth-order valence-electron chi connectivity index (χ4n) is 2.44. The normalized spacial score (nSPS) is 12.6. The van der Waals surface area contributed by atoms with Crippen LogP contribution in [0.15, 0.2) is 29.8 Å². The highest BCUT2D eigenvalue weighted by Crippen LogP contribution is 2.27. The smallest absolute Gasteiger partial charge is 0.0473 e. The van der Waals surface area contributed by atoms with E-state index < -0.39 is 0 Å². The quantitative estimate of drug-likeness (QED) is 0.827. The molecule has 3 heteroatoms. The predicted octanol–water partition coefficient (Wildman–Crippen LogP) is 4.16. The van der Waals surface area contributed by atoms with Crippen LogP contribution in [0.1, 0.15) is 48.5 Å². The third-order valence-electron chi connectivity index (χ3n) is 3.64. The van der Waals surface area contributed by atoms with Gasteiger partial charge < -0.3 is 5.32 Å². The minimum Gasteiger partial charge on any atom is -0.309 e. The van der Waals surface area contributed by atoms with Gasteiger partial charge in [-0.1, -0.05) is 26.8 Å². The summed E-state index contributed by atoms with van der Waals surface area (Å²) in [7, 11) is 0. The highest BCUT2D eigenvalue weighted by atomic mass is 32.1. The summed E-state index contributed by atoms with van der Waals surface area (Å²) in [4.78, 5) is 6.07. The number of pyridine rings is 1. The molecule has 2 heterocycles. The van der Waals surface area contributed by atoms with Gasteiger partial charge in [0.2, 0.25) is 0 Å². The second kappa shape index (κ2) is 7.55. The van der Waals surface area contributed by atoms with Gasteiger partial charge >= 0.3 is 0 Å². The van der Waals surface area contributed by atoms with Crippen molar-refractivity contribution >= 4 is 11.3 Å².